The van der Waals surface area contributed by atoms with E-state index in [1.807, 2.05) is 0 Å². The molecule has 0 radical (unpaired) electrons. The van der Waals surface area contributed by atoms with Crippen LogP contribution in [0.15, 0.2) is 77.1 Å². The van der Waals surface area contributed by atoms with Crippen molar-refractivity contribution in [2.24, 2.45) is 0 Å². The van der Waals surface area contributed by atoms with Crippen LogP contribution in [0.5, 0.6) is 0 Å². The third-order valence-electron chi connectivity index (χ3n) is 3.55. The molecule has 1 amide bonds. The number of anilines is 1. The van der Waals surface area contributed by atoms with Gasteiger partial charge in [-0.2, -0.15) is 0 Å². The Balaban J connectivity index is 2.37. The van der Waals surface area contributed by atoms with Crippen LogP contribution in [0.25, 0.3) is 0 Å². The highest BCUT2D eigenvalue weighted by molar-refractivity contribution is 9.10. The van der Waals surface area contributed by atoms with Gasteiger partial charge in [-0.3, -0.25) is 9.52 Å². The highest BCUT2D eigenvalue weighted by Gasteiger charge is 2.22. The van der Waals surface area contributed by atoms with Crippen LogP contribution in [-0.4, -0.2) is 32.3 Å². The van der Waals surface area contributed by atoms with E-state index < -0.39 is 10.0 Å². The number of hydrogen-bond acceptors (Lipinski definition) is 3. The molecule has 0 spiro atoms. The number of sulfonamides is 1. The van der Waals surface area contributed by atoms with Gasteiger partial charge in [-0.25, -0.2) is 8.42 Å². The van der Waals surface area contributed by atoms with Crippen LogP contribution >= 0.6 is 27.5 Å². The van der Waals surface area contributed by atoms with E-state index in [0.29, 0.717) is 18.8 Å². The fraction of sp³-hybridized carbons (Fsp3) is 0.105. The van der Waals surface area contributed by atoms with Crippen molar-refractivity contribution in [1.29, 1.82) is 0 Å². The maximum Gasteiger partial charge on any atom is 0.263 e. The molecule has 27 heavy (non-hydrogen) atoms. The molecule has 2 rings (SSSR count). The molecule has 0 heterocycles. The zero-order valence-electron chi connectivity index (χ0n) is 14.4. The number of carbonyl (C=O) groups is 1. The standard InChI is InChI=1S/C19H18BrClN2O3S/c1-3-11-23(12-4-2)19(24)14-5-10-17(21)18(13-14)27(25,26)22-16-8-6-15(20)7-9-16/h3-10,13,22H,1-2,11-12H2. The van der Waals surface area contributed by atoms with E-state index in [1.165, 1.54) is 23.1 Å². The third-order valence-corrected chi connectivity index (χ3v) is 5.94. The molecule has 0 unspecified atom stereocenters. The van der Waals surface area contributed by atoms with E-state index in [-0.39, 0.29) is 21.4 Å². The van der Waals surface area contributed by atoms with E-state index in [0.717, 1.165) is 4.47 Å². The third kappa shape index (κ3) is 5.45. The minimum atomic E-state index is -3.97. The normalized spacial score (nSPS) is 10.9. The lowest BCUT2D eigenvalue weighted by Crippen LogP contribution is -2.31. The molecule has 0 aliphatic carbocycles. The first-order chi connectivity index (χ1) is 12.8. The van der Waals surface area contributed by atoms with Gasteiger partial charge in [0.15, 0.2) is 0 Å². The smallest absolute Gasteiger partial charge is 0.263 e. The second kappa shape index (κ2) is 9.21. The number of rotatable bonds is 8. The zero-order chi connectivity index (χ0) is 20.0. The van der Waals surface area contributed by atoms with Crippen LogP contribution in [-0.2, 0) is 10.0 Å². The summed E-state index contributed by atoms with van der Waals surface area (Å²) in [6, 6.07) is 10.8. The minimum Gasteiger partial charge on any atom is -0.331 e. The molecule has 2 aromatic rings. The predicted octanol–water partition coefficient (Wildman–Crippen LogP) is 4.72. The Morgan fingerprint density at radius 2 is 1.70 bits per heavy atom. The lowest BCUT2D eigenvalue weighted by atomic mass is 10.2. The number of benzene rings is 2. The van der Waals surface area contributed by atoms with E-state index in [4.69, 9.17) is 11.6 Å². The molecular formula is C19H18BrClN2O3S. The number of halogens is 2. The van der Waals surface area contributed by atoms with Crippen molar-refractivity contribution in [1.82, 2.24) is 4.90 Å². The van der Waals surface area contributed by atoms with E-state index in [2.05, 4.69) is 33.8 Å². The first kappa shape index (κ1) is 21.2. The maximum absolute atomic E-state index is 12.7. The first-order valence-corrected chi connectivity index (χ1v) is 10.5. The Bertz CT molecular complexity index is 949. The van der Waals surface area contributed by atoms with Gasteiger partial charge in [0, 0.05) is 28.8 Å². The second-order valence-corrected chi connectivity index (χ2v) is 8.52. The lowest BCUT2D eigenvalue weighted by molar-refractivity contribution is 0.0790. The van der Waals surface area contributed by atoms with Gasteiger partial charge in [-0.1, -0.05) is 39.7 Å². The van der Waals surface area contributed by atoms with Crippen LogP contribution in [0, 0.1) is 0 Å². The molecule has 142 valence electrons. The van der Waals surface area contributed by atoms with Crippen LogP contribution in [0.3, 0.4) is 0 Å². The summed E-state index contributed by atoms with van der Waals surface area (Å²) in [5.41, 5.74) is 0.588. The number of nitrogens with zero attached hydrogens (tertiary/aromatic N) is 1. The molecule has 0 aliphatic heterocycles. The summed E-state index contributed by atoms with van der Waals surface area (Å²) >= 11 is 9.39. The maximum atomic E-state index is 12.7. The Morgan fingerprint density at radius 3 is 2.26 bits per heavy atom. The highest BCUT2D eigenvalue weighted by atomic mass is 79.9. The number of hydrogen-bond donors (Lipinski definition) is 1. The van der Waals surface area contributed by atoms with E-state index >= 15 is 0 Å². The van der Waals surface area contributed by atoms with Crippen molar-refractivity contribution < 1.29 is 13.2 Å². The van der Waals surface area contributed by atoms with Gasteiger partial charge in [0.05, 0.1) is 5.02 Å². The molecule has 2 aromatic carbocycles. The molecule has 8 heteroatoms. The van der Waals surface area contributed by atoms with Crippen molar-refractivity contribution >= 4 is 49.1 Å². The molecule has 1 N–H and O–H groups in total. The molecule has 0 atom stereocenters. The molecule has 0 aliphatic rings. The molecule has 0 saturated heterocycles. The quantitative estimate of drug-likeness (QED) is 0.569. The highest BCUT2D eigenvalue weighted by Crippen LogP contribution is 2.26. The Labute approximate surface area is 172 Å². The zero-order valence-corrected chi connectivity index (χ0v) is 17.5. The van der Waals surface area contributed by atoms with Gasteiger partial charge in [0.2, 0.25) is 0 Å². The average Bonchev–Trinajstić information content (AvgIpc) is 2.63. The molecule has 0 saturated carbocycles. The Morgan fingerprint density at radius 1 is 1.11 bits per heavy atom. The van der Waals surface area contributed by atoms with Crippen LogP contribution in [0.2, 0.25) is 5.02 Å². The summed E-state index contributed by atoms with van der Waals surface area (Å²) in [4.78, 5) is 14.0. The van der Waals surface area contributed by atoms with Crippen molar-refractivity contribution in [3.63, 3.8) is 0 Å². The number of amides is 1. The molecule has 0 aromatic heterocycles. The minimum absolute atomic E-state index is 0.0233. The van der Waals surface area contributed by atoms with Crippen LogP contribution in [0.4, 0.5) is 5.69 Å². The summed E-state index contributed by atoms with van der Waals surface area (Å²) in [6.07, 6.45) is 3.17. The molecule has 0 bridgehead atoms. The largest absolute Gasteiger partial charge is 0.331 e. The van der Waals surface area contributed by atoms with Crippen LogP contribution < -0.4 is 4.72 Å². The first-order valence-electron chi connectivity index (χ1n) is 7.87. The second-order valence-electron chi connectivity index (χ2n) is 5.55. The van der Waals surface area contributed by atoms with Gasteiger partial charge in [-0.15, -0.1) is 13.2 Å². The van der Waals surface area contributed by atoms with Gasteiger partial charge >= 0.3 is 0 Å². The number of carbonyl (C=O) groups excluding carboxylic acids is 1. The van der Waals surface area contributed by atoms with Gasteiger partial charge in [0.25, 0.3) is 15.9 Å². The van der Waals surface area contributed by atoms with Crippen molar-refractivity contribution in [2.45, 2.75) is 4.90 Å². The van der Waals surface area contributed by atoms with Crippen LogP contribution in [0.1, 0.15) is 10.4 Å². The van der Waals surface area contributed by atoms with E-state index in [9.17, 15) is 13.2 Å². The number of nitrogens with one attached hydrogen (secondary N) is 1. The summed E-state index contributed by atoms with van der Waals surface area (Å²) in [5, 5.41) is 0.0233. The van der Waals surface area contributed by atoms with Gasteiger partial charge in [0.1, 0.15) is 4.90 Å². The average molecular weight is 470 g/mol. The summed E-state index contributed by atoms with van der Waals surface area (Å²) in [6.45, 7) is 7.87. The van der Waals surface area contributed by atoms with Crippen molar-refractivity contribution in [3.05, 3.63) is 82.8 Å². The van der Waals surface area contributed by atoms with Gasteiger partial charge < -0.3 is 4.90 Å². The SMILES string of the molecule is C=CCN(CC=C)C(=O)c1ccc(Cl)c(S(=O)(=O)Nc2ccc(Br)cc2)c1. The van der Waals surface area contributed by atoms with Crippen molar-refractivity contribution in [2.75, 3.05) is 17.8 Å². The molecular weight excluding hydrogens is 452 g/mol. The summed E-state index contributed by atoms with van der Waals surface area (Å²) < 4.78 is 28.8. The Hall–Kier alpha value is -2.09. The fourth-order valence-corrected chi connectivity index (χ4v) is 4.15. The van der Waals surface area contributed by atoms with Crippen molar-refractivity contribution in [3.8, 4) is 0 Å². The summed E-state index contributed by atoms with van der Waals surface area (Å²) in [7, 11) is -3.97. The topological polar surface area (TPSA) is 66.5 Å². The molecule has 5 nitrogen and oxygen atoms in total. The lowest BCUT2D eigenvalue weighted by Gasteiger charge is -2.20. The Kier molecular flexibility index (Phi) is 7.24. The monoisotopic (exact) mass is 468 g/mol. The fourth-order valence-electron chi connectivity index (χ4n) is 2.30. The van der Waals surface area contributed by atoms with E-state index in [1.54, 1.807) is 36.4 Å². The van der Waals surface area contributed by atoms with Gasteiger partial charge in [-0.05, 0) is 42.5 Å². The molecule has 0 fully saturated rings. The predicted molar refractivity (Wildman–Crippen MR) is 113 cm³/mol. The summed E-state index contributed by atoms with van der Waals surface area (Å²) in [5.74, 6) is -0.341.